The van der Waals surface area contributed by atoms with Gasteiger partial charge in [-0.05, 0) is 60.5 Å². The van der Waals surface area contributed by atoms with E-state index < -0.39 is 12.0 Å². The second-order valence-corrected chi connectivity index (χ2v) is 5.42. The van der Waals surface area contributed by atoms with Crippen molar-refractivity contribution in [3.63, 3.8) is 0 Å². The highest BCUT2D eigenvalue weighted by Gasteiger charge is 2.08. The lowest BCUT2D eigenvalue weighted by Gasteiger charge is -2.07. The summed E-state index contributed by atoms with van der Waals surface area (Å²) >= 11 is 0. The van der Waals surface area contributed by atoms with E-state index in [-0.39, 0.29) is 0 Å². The van der Waals surface area contributed by atoms with Crippen LogP contribution in [0.1, 0.15) is 35.7 Å². The van der Waals surface area contributed by atoms with Crippen LogP contribution in [0.2, 0.25) is 0 Å². The van der Waals surface area contributed by atoms with Crippen LogP contribution in [0, 0.1) is 0 Å². The average molecular weight is 355 g/mol. The molecular weight excluding hydrogens is 334 g/mol. The molecule has 2 aromatic rings. The van der Waals surface area contributed by atoms with Crippen LogP contribution in [0.4, 0.5) is 4.79 Å². The highest BCUT2D eigenvalue weighted by molar-refractivity contribution is 5.91. The molecule has 0 heterocycles. The summed E-state index contributed by atoms with van der Waals surface area (Å²) in [6.07, 6.45) is 3.48. The molecule has 0 unspecified atom stereocenters. The number of hydrogen-bond acceptors (Lipinski definition) is 5. The lowest BCUT2D eigenvalue weighted by atomic mass is 10.2. The predicted molar refractivity (Wildman–Crippen MR) is 98.6 cm³/mol. The maximum atomic E-state index is 12.2. The summed E-state index contributed by atoms with van der Waals surface area (Å²) in [5.74, 6) is 0.670. The summed E-state index contributed by atoms with van der Waals surface area (Å²) in [5.41, 5.74) is 8.15. The molecule has 0 aromatic heterocycles. The molecule has 3 N–H and O–H groups in total. The van der Waals surface area contributed by atoms with Gasteiger partial charge >= 0.3 is 12.0 Å². The first-order chi connectivity index (χ1) is 12.6. The SMILES string of the molecule is CCCCOc1ccc(C(=O)Oc2ccc(/C=N/NC(N)=O)cc2)cc1. The minimum Gasteiger partial charge on any atom is -0.494 e. The quantitative estimate of drug-likeness (QED) is 0.250. The van der Waals surface area contributed by atoms with Gasteiger partial charge in [0.2, 0.25) is 0 Å². The van der Waals surface area contributed by atoms with Gasteiger partial charge in [-0.1, -0.05) is 13.3 Å². The Bertz CT molecular complexity index is 755. The number of unbranched alkanes of at least 4 members (excludes halogenated alkanes) is 1. The zero-order chi connectivity index (χ0) is 18.8. The number of nitrogens with two attached hydrogens (primary N) is 1. The predicted octanol–water partition coefficient (Wildman–Crippen LogP) is 3.09. The van der Waals surface area contributed by atoms with Crippen molar-refractivity contribution in [2.24, 2.45) is 10.8 Å². The molecule has 0 aliphatic heterocycles. The van der Waals surface area contributed by atoms with Crippen molar-refractivity contribution in [2.45, 2.75) is 19.8 Å². The van der Waals surface area contributed by atoms with Crippen LogP contribution in [-0.4, -0.2) is 24.8 Å². The maximum Gasteiger partial charge on any atom is 0.343 e. The highest BCUT2D eigenvalue weighted by Crippen LogP contribution is 2.16. The Balaban J connectivity index is 1.90. The summed E-state index contributed by atoms with van der Waals surface area (Å²) in [7, 11) is 0. The van der Waals surface area contributed by atoms with Gasteiger partial charge in [0, 0.05) is 0 Å². The molecule has 0 radical (unpaired) electrons. The Labute approximate surface area is 151 Å². The average Bonchev–Trinajstić information content (AvgIpc) is 2.63. The van der Waals surface area contributed by atoms with Crippen molar-refractivity contribution in [1.82, 2.24) is 5.43 Å². The van der Waals surface area contributed by atoms with Gasteiger partial charge in [0.05, 0.1) is 18.4 Å². The fourth-order valence-corrected chi connectivity index (χ4v) is 1.98. The fraction of sp³-hybridized carbons (Fsp3) is 0.211. The van der Waals surface area contributed by atoms with Crippen LogP contribution in [0.5, 0.6) is 11.5 Å². The molecule has 0 spiro atoms. The molecule has 0 atom stereocenters. The number of hydrogen-bond donors (Lipinski definition) is 2. The number of benzene rings is 2. The first kappa shape index (κ1) is 19.0. The largest absolute Gasteiger partial charge is 0.494 e. The number of esters is 1. The molecule has 0 saturated heterocycles. The smallest absolute Gasteiger partial charge is 0.343 e. The van der Waals surface area contributed by atoms with Gasteiger partial charge in [-0.25, -0.2) is 15.0 Å². The zero-order valence-electron chi connectivity index (χ0n) is 14.5. The number of carbonyl (C=O) groups is 2. The Hall–Kier alpha value is -3.35. The molecule has 0 fully saturated rings. The number of rotatable bonds is 8. The summed E-state index contributed by atoms with van der Waals surface area (Å²) in [6.45, 7) is 2.75. The minimum atomic E-state index is -0.742. The van der Waals surface area contributed by atoms with E-state index in [4.69, 9.17) is 15.2 Å². The third-order valence-corrected chi connectivity index (χ3v) is 3.34. The lowest BCUT2D eigenvalue weighted by Crippen LogP contribution is -2.24. The molecule has 7 nitrogen and oxygen atoms in total. The number of urea groups is 1. The van der Waals surface area contributed by atoms with Crippen LogP contribution in [0.3, 0.4) is 0 Å². The van der Waals surface area contributed by atoms with E-state index in [9.17, 15) is 9.59 Å². The Morgan fingerprint density at radius 1 is 1.08 bits per heavy atom. The summed E-state index contributed by atoms with van der Waals surface area (Å²) in [5, 5.41) is 3.65. The Morgan fingerprint density at radius 3 is 2.35 bits per heavy atom. The van der Waals surface area contributed by atoms with Gasteiger partial charge in [0.1, 0.15) is 11.5 Å². The second-order valence-electron chi connectivity index (χ2n) is 5.42. The molecule has 7 heteroatoms. The van der Waals surface area contributed by atoms with Crippen molar-refractivity contribution in [2.75, 3.05) is 6.61 Å². The van der Waals surface area contributed by atoms with Crippen molar-refractivity contribution in [1.29, 1.82) is 0 Å². The van der Waals surface area contributed by atoms with Crippen LogP contribution in [0.15, 0.2) is 53.6 Å². The van der Waals surface area contributed by atoms with E-state index >= 15 is 0 Å². The second kappa shape index (κ2) is 9.83. The van der Waals surface area contributed by atoms with Gasteiger partial charge in [-0.2, -0.15) is 5.10 Å². The van der Waals surface area contributed by atoms with Crippen LogP contribution < -0.4 is 20.6 Å². The van der Waals surface area contributed by atoms with Crippen molar-refractivity contribution < 1.29 is 19.1 Å². The molecule has 0 aliphatic rings. The number of hydrazone groups is 1. The maximum absolute atomic E-state index is 12.2. The first-order valence-electron chi connectivity index (χ1n) is 8.22. The number of primary amides is 1. The van der Waals surface area contributed by atoms with Crippen LogP contribution in [0.25, 0.3) is 0 Å². The molecule has 2 rings (SSSR count). The minimum absolute atomic E-state index is 0.401. The third kappa shape index (κ3) is 6.27. The molecule has 136 valence electrons. The number of ether oxygens (including phenoxy) is 2. The Kier molecular flexibility index (Phi) is 7.17. The molecule has 0 bridgehead atoms. The normalized spacial score (nSPS) is 10.5. The number of amides is 2. The monoisotopic (exact) mass is 355 g/mol. The summed E-state index contributed by atoms with van der Waals surface area (Å²) in [6, 6.07) is 12.7. The van der Waals surface area contributed by atoms with E-state index in [0.717, 1.165) is 18.6 Å². The molecule has 2 aromatic carbocycles. The van der Waals surface area contributed by atoms with Crippen molar-refractivity contribution >= 4 is 18.2 Å². The molecule has 0 aliphatic carbocycles. The summed E-state index contributed by atoms with van der Waals surface area (Å²) < 4.78 is 10.9. The van der Waals surface area contributed by atoms with E-state index in [2.05, 4.69) is 17.5 Å². The van der Waals surface area contributed by atoms with Crippen LogP contribution >= 0.6 is 0 Å². The number of nitrogens with one attached hydrogen (secondary N) is 1. The Morgan fingerprint density at radius 2 is 1.73 bits per heavy atom. The standard InChI is InChI=1S/C19H21N3O4/c1-2-3-12-25-16-10-6-15(7-11-16)18(23)26-17-8-4-14(5-9-17)13-21-22-19(20)24/h4-11,13H,2-3,12H2,1H3,(H3,20,22,24)/b21-13+. The zero-order valence-corrected chi connectivity index (χ0v) is 14.5. The highest BCUT2D eigenvalue weighted by atomic mass is 16.5. The number of nitrogens with zero attached hydrogens (tertiary/aromatic N) is 1. The van der Waals surface area contributed by atoms with E-state index in [1.165, 1.54) is 6.21 Å². The van der Waals surface area contributed by atoms with Gasteiger partial charge in [0.25, 0.3) is 0 Å². The summed E-state index contributed by atoms with van der Waals surface area (Å²) in [4.78, 5) is 22.7. The van der Waals surface area contributed by atoms with Crippen LogP contribution in [-0.2, 0) is 0 Å². The molecule has 26 heavy (non-hydrogen) atoms. The fourth-order valence-electron chi connectivity index (χ4n) is 1.98. The van der Waals surface area contributed by atoms with E-state index in [0.29, 0.717) is 23.5 Å². The molecule has 2 amide bonds. The van der Waals surface area contributed by atoms with E-state index in [1.807, 2.05) is 0 Å². The first-order valence-corrected chi connectivity index (χ1v) is 8.22. The molecule has 0 saturated carbocycles. The van der Waals surface area contributed by atoms with Crippen molar-refractivity contribution in [3.8, 4) is 11.5 Å². The van der Waals surface area contributed by atoms with Gasteiger partial charge in [0.15, 0.2) is 0 Å². The van der Waals surface area contributed by atoms with E-state index in [1.54, 1.807) is 48.5 Å². The third-order valence-electron chi connectivity index (χ3n) is 3.34. The number of carbonyl (C=O) groups excluding carboxylic acids is 2. The van der Waals surface area contributed by atoms with Gasteiger partial charge in [-0.15, -0.1) is 0 Å². The van der Waals surface area contributed by atoms with Gasteiger partial charge < -0.3 is 15.2 Å². The van der Waals surface area contributed by atoms with Gasteiger partial charge in [-0.3, -0.25) is 0 Å². The van der Waals surface area contributed by atoms with Crippen molar-refractivity contribution in [3.05, 3.63) is 59.7 Å². The molecular formula is C19H21N3O4. The lowest BCUT2D eigenvalue weighted by molar-refractivity contribution is 0.0734. The topological polar surface area (TPSA) is 103 Å².